The summed E-state index contributed by atoms with van der Waals surface area (Å²) in [6.45, 7) is 0.921. The van der Waals surface area contributed by atoms with Gasteiger partial charge in [-0.15, -0.1) is 21.5 Å². The van der Waals surface area contributed by atoms with E-state index in [1.54, 1.807) is 18.2 Å². The lowest BCUT2D eigenvalue weighted by Crippen LogP contribution is -2.42. The normalized spacial score (nSPS) is 16.6. The molecule has 0 spiro atoms. The van der Waals surface area contributed by atoms with Crippen LogP contribution in [0.1, 0.15) is 65.3 Å². The molecule has 1 saturated carbocycles. The molecule has 2 aromatic heterocycles. The average Bonchev–Trinajstić information content (AvgIpc) is 3.81. The maximum atomic E-state index is 13.4. The number of ether oxygens (including phenoxy) is 3. The first-order chi connectivity index (χ1) is 20.5. The molecular weight excluding hydrogens is 554 g/mol. The number of aryl methyl sites for hydroxylation is 3. The molecule has 42 heavy (non-hydrogen) atoms. The summed E-state index contributed by atoms with van der Waals surface area (Å²) >= 11 is 1.52. The molecular formula is C31H31N5O5S. The van der Waals surface area contributed by atoms with Gasteiger partial charge < -0.3 is 18.8 Å². The third-order valence-electron chi connectivity index (χ3n) is 8.20. The molecule has 0 unspecified atom stereocenters. The first kappa shape index (κ1) is 26.6. The van der Waals surface area contributed by atoms with E-state index in [1.165, 1.54) is 23.3 Å². The monoisotopic (exact) mass is 585 g/mol. The van der Waals surface area contributed by atoms with Gasteiger partial charge in [0.15, 0.2) is 11.0 Å². The molecule has 1 amide bonds. The molecule has 7 rings (SSSR count). The smallest absolute Gasteiger partial charge is 0.350 e. The van der Waals surface area contributed by atoms with E-state index >= 15 is 0 Å². The fourth-order valence-electron chi connectivity index (χ4n) is 6.11. The van der Waals surface area contributed by atoms with Gasteiger partial charge in [-0.2, -0.15) is 0 Å². The second-order valence-electron chi connectivity index (χ2n) is 11.0. The number of thiazole rings is 1. The minimum absolute atomic E-state index is 0.327. The Balaban J connectivity index is 1.17. The van der Waals surface area contributed by atoms with Crippen molar-refractivity contribution in [1.82, 2.24) is 19.7 Å². The van der Waals surface area contributed by atoms with E-state index < -0.39 is 11.6 Å². The second kappa shape index (κ2) is 10.9. The van der Waals surface area contributed by atoms with Crippen LogP contribution in [0.3, 0.4) is 0 Å². The number of fused-ring (bicyclic) bond motifs is 2. The number of methoxy groups -OCH3 is 1. The molecule has 2 aliphatic carbocycles. The molecule has 216 valence electrons. The van der Waals surface area contributed by atoms with Gasteiger partial charge in [0.2, 0.25) is 5.60 Å². The molecule has 1 N–H and O–H groups in total. The molecule has 0 radical (unpaired) electrons. The Hall–Kier alpha value is -4.25. The lowest BCUT2D eigenvalue weighted by Gasteiger charge is -2.27. The summed E-state index contributed by atoms with van der Waals surface area (Å²) in [6.07, 6.45) is 7.88. The minimum Gasteiger partial charge on any atom is -0.475 e. The highest BCUT2D eigenvalue weighted by Gasteiger charge is 2.45. The predicted molar refractivity (Wildman–Crippen MR) is 156 cm³/mol. The molecule has 0 atom stereocenters. The summed E-state index contributed by atoms with van der Waals surface area (Å²) in [5.41, 5.74) is 1.28. The fraction of sp³-hybridized carbons (Fsp3) is 0.387. The number of amides is 1. The van der Waals surface area contributed by atoms with Crippen molar-refractivity contribution < 1.29 is 23.8 Å². The van der Waals surface area contributed by atoms with Gasteiger partial charge in [0, 0.05) is 35.0 Å². The average molecular weight is 586 g/mol. The SMILES string of the molecule is COC(=O)C1(Oc2cc(Oc3ccc(-c4nnc5n4CCC5)cc3)cc(C(=O)Nc3nc4c(s3)CCC4)c2)CCCC1. The fourth-order valence-corrected chi connectivity index (χ4v) is 7.16. The Morgan fingerprint density at radius 3 is 2.52 bits per heavy atom. The summed E-state index contributed by atoms with van der Waals surface area (Å²) in [6, 6.07) is 12.6. The lowest BCUT2D eigenvalue weighted by atomic mass is 10.0. The van der Waals surface area contributed by atoms with E-state index in [2.05, 4.69) is 25.1 Å². The number of carbonyl (C=O) groups excluding carboxylic acids is 2. The number of nitrogens with zero attached hydrogens (tertiary/aromatic N) is 4. The molecule has 2 aromatic carbocycles. The molecule has 4 aromatic rings. The van der Waals surface area contributed by atoms with Gasteiger partial charge in [-0.25, -0.2) is 9.78 Å². The topological polar surface area (TPSA) is 117 Å². The van der Waals surface area contributed by atoms with Gasteiger partial charge in [0.25, 0.3) is 5.91 Å². The summed E-state index contributed by atoms with van der Waals surface area (Å²) in [5, 5.41) is 12.2. The number of hydrogen-bond donors (Lipinski definition) is 1. The van der Waals surface area contributed by atoms with Crippen LogP contribution in [-0.4, -0.2) is 44.3 Å². The quantitative estimate of drug-likeness (QED) is 0.260. The standard InChI is InChI=1S/C31H31N5O5S/c1-39-29(38)31(13-2-3-14-31)41-23-17-20(28(37)33-30-32-24-6-4-7-25(24)42-30)16-22(18-23)40-21-11-9-19(10-12-21)27-35-34-26-8-5-15-36(26)27/h9-12,16-18H,2-8,13-15H2,1H3,(H,32,33,37). The number of anilines is 1. The van der Waals surface area contributed by atoms with Crippen molar-refractivity contribution >= 4 is 28.3 Å². The zero-order valence-electron chi connectivity index (χ0n) is 23.4. The van der Waals surface area contributed by atoms with E-state index in [9.17, 15) is 9.59 Å². The number of carbonyl (C=O) groups is 2. The Bertz CT molecular complexity index is 1630. The van der Waals surface area contributed by atoms with Crippen LogP contribution >= 0.6 is 11.3 Å². The van der Waals surface area contributed by atoms with Crippen LogP contribution in [0.15, 0.2) is 42.5 Å². The Labute approximate surface area is 247 Å². The number of rotatable bonds is 8. The van der Waals surface area contributed by atoms with E-state index in [0.29, 0.717) is 40.8 Å². The summed E-state index contributed by atoms with van der Waals surface area (Å²) in [7, 11) is 1.37. The summed E-state index contributed by atoms with van der Waals surface area (Å²) in [4.78, 5) is 32.0. The second-order valence-corrected chi connectivity index (χ2v) is 12.1. The lowest BCUT2D eigenvalue weighted by molar-refractivity contribution is -0.158. The van der Waals surface area contributed by atoms with Crippen LogP contribution in [0.5, 0.6) is 17.2 Å². The molecule has 1 fully saturated rings. The minimum atomic E-state index is -1.09. The van der Waals surface area contributed by atoms with Crippen molar-refractivity contribution in [2.24, 2.45) is 0 Å². The third kappa shape index (κ3) is 5.02. The summed E-state index contributed by atoms with van der Waals surface area (Å²) < 4.78 is 19.8. The maximum absolute atomic E-state index is 13.4. The zero-order valence-corrected chi connectivity index (χ0v) is 24.2. The Morgan fingerprint density at radius 1 is 0.929 bits per heavy atom. The highest BCUT2D eigenvalue weighted by molar-refractivity contribution is 7.16. The molecule has 0 saturated heterocycles. The number of esters is 1. The third-order valence-corrected chi connectivity index (χ3v) is 9.27. The Kier molecular flexibility index (Phi) is 6.89. The van der Waals surface area contributed by atoms with Crippen LogP contribution in [-0.2, 0) is 35.3 Å². The molecule has 1 aliphatic heterocycles. The largest absolute Gasteiger partial charge is 0.475 e. The first-order valence-corrected chi connectivity index (χ1v) is 15.2. The molecule has 3 heterocycles. The van der Waals surface area contributed by atoms with Crippen molar-refractivity contribution in [3.05, 3.63) is 64.4 Å². The van der Waals surface area contributed by atoms with Crippen molar-refractivity contribution in [2.45, 2.75) is 69.9 Å². The number of nitrogens with one attached hydrogen (secondary N) is 1. The van der Waals surface area contributed by atoms with E-state index in [-0.39, 0.29) is 5.91 Å². The summed E-state index contributed by atoms with van der Waals surface area (Å²) in [5.74, 6) is 2.49. The van der Waals surface area contributed by atoms with Crippen molar-refractivity contribution in [1.29, 1.82) is 0 Å². The van der Waals surface area contributed by atoms with Gasteiger partial charge in [-0.05, 0) is 87.8 Å². The van der Waals surface area contributed by atoms with Gasteiger partial charge in [-0.1, -0.05) is 0 Å². The van der Waals surface area contributed by atoms with Crippen LogP contribution in [0.2, 0.25) is 0 Å². The number of hydrogen-bond acceptors (Lipinski definition) is 9. The number of aromatic nitrogens is 4. The van der Waals surface area contributed by atoms with Crippen LogP contribution in [0, 0.1) is 0 Å². The van der Waals surface area contributed by atoms with Crippen LogP contribution in [0.4, 0.5) is 5.13 Å². The highest BCUT2D eigenvalue weighted by Crippen LogP contribution is 2.38. The van der Waals surface area contributed by atoms with E-state index in [0.717, 1.165) is 74.4 Å². The van der Waals surface area contributed by atoms with Crippen LogP contribution < -0.4 is 14.8 Å². The Morgan fingerprint density at radius 2 is 1.74 bits per heavy atom. The van der Waals surface area contributed by atoms with Gasteiger partial charge in [0.1, 0.15) is 23.1 Å². The molecule has 3 aliphatic rings. The molecule has 11 heteroatoms. The van der Waals surface area contributed by atoms with Crippen LogP contribution in [0.25, 0.3) is 11.4 Å². The zero-order chi connectivity index (χ0) is 28.7. The van der Waals surface area contributed by atoms with E-state index in [1.807, 2.05) is 24.3 Å². The highest BCUT2D eigenvalue weighted by atomic mass is 32.1. The number of benzene rings is 2. The van der Waals surface area contributed by atoms with Crippen molar-refractivity contribution in [2.75, 3.05) is 12.4 Å². The first-order valence-electron chi connectivity index (χ1n) is 14.4. The molecule has 0 bridgehead atoms. The van der Waals surface area contributed by atoms with Gasteiger partial charge in [0.05, 0.1) is 12.8 Å². The van der Waals surface area contributed by atoms with Gasteiger partial charge >= 0.3 is 5.97 Å². The predicted octanol–water partition coefficient (Wildman–Crippen LogP) is 5.75. The van der Waals surface area contributed by atoms with Crippen molar-refractivity contribution in [3.63, 3.8) is 0 Å². The van der Waals surface area contributed by atoms with Gasteiger partial charge in [-0.3, -0.25) is 10.1 Å². The van der Waals surface area contributed by atoms with E-state index in [4.69, 9.17) is 14.2 Å². The van der Waals surface area contributed by atoms with Crippen molar-refractivity contribution in [3.8, 4) is 28.6 Å². The molecule has 10 nitrogen and oxygen atoms in total. The maximum Gasteiger partial charge on any atom is 0.350 e.